The fourth-order valence-corrected chi connectivity index (χ4v) is 7.88. The average Bonchev–Trinajstić information content (AvgIpc) is 3.21. The third kappa shape index (κ3) is 44.0. The van der Waals surface area contributed by atoms with Gasteiger partial charge in [0.1, 0.15) is 0 Å². The van der Waals surface area contributed by atoms with Crippen molar-refractivity contribution in [1.29, 1.82) is 0 Å². The molecule has 0 saturated carbocycles. The Labute approximate surface area is 355 Å². The van der Waals surface area contributed by atoms with Crippen molar-refractivity contribution in [2.45, 2.75) is 289 Å². The Morgan fingerprint density at radius 1 is 0.474 bits per heavy atom. The van der Waals surface area contributed by atoms with E-state index in [1.54, 1.807) is 0 Å². The molecule has 0 aromatic carbocycles. The molecule has 6 nitrogen and oxygen atoms in total. The summed E-state index contributed by atoms with van der Waals surface area (Å²) in [6, 6.07) is -0.577. The molecule has 57 heavy (non-hydrogen) atoms. The Bertz CT molecular complexity index is 847. The van der Waals surface area contributed by atoms with E-state index in [4.69, 9.17) is 4.74 Å². The highest BCUT2D eigenvalue weighted by molar-refractivity contribution is 5.76. The minimum Gasteiger partial charge on any atom is -0.466 e. The maximum Gasteiger partial charge on any atom is 0.305 e. The van der Waals surface area contributed by atoms with Crippen LogP contribution in [-0.4, -0.2) is 47.4 Å². The smallest absolute Gasteiger partial charge is 0.305 e. The zero-order chi connectivity index (χ0) is 41.5. The summed E-state index contributed by atoms with van der Waals surface area (Å²) in [4.78, 5) is 24.4. The van der Waals surface area contributed by atoms with Crippen LogP contribution in [0.1, 0.15) is 277 Å². The topological polar surface area (TPSA) is 95.9 Å². The minimum absolute atomic E-state index is 0.0345. The van der Waals surface area contributed by atoms with Crippen LogP contribution in [-0.2, 0) is 14.3 Å². The summed E-state index contributed by atoms with van der Waals surface area (Å²) in [5.41, 5.74) is 0. The summed E-state index contributed by atoms with van der Waals surface area (Å²) in [7, 11) is 0. The van der Waals surface area contributed by atoms with Gasteiger partial charge >= 0.3 is 5.97 Å². The molecule has 0 heterocycles. The van der Waals surface area contributed by atoms with Gasteiger partial charge in [-0.2, -0.15) is 0 Å². The van der Waals surface area contributed by atoms with Crippen LogP contribution in [0.25, 0.3) is 0 Å². The van der Waals surface area contributed by atoms with Crippen LogP contribution in [0.3, 0.4) is 0 Å². The first-order valence-corrected chi connectivity index (χ1v) is 25.4. The zero-order valence-corrected chi connectivity index (χ0v) is 38.3. The van der Waals surface area contributed by atoms with Gasteiger partial charge in [0.25, 0.3) is 0 Å². The van der Waals surface area contributed by atoms with E-state index in [0.717, 1.165) is 70.6 Å². The fourth-order valence-electron chi connectivity index (χ4n) is 7.88. The summed E-state index contributed by atoms with van der Waals surface area (Å²) >= 11 is 0. The van der Waals surface area contributed by atoms with E-state index in [1.807, 2.05) is 0 Å². The molecule has 0 radical (unpaired) electrons. The normalized spacial score (nSPS) is 12.7. The summed E-state index contributed by atoms with van der Waals surface area (Å²) in [5.74, 6) is -0.128. The van der Waals surface area contributed by atoms with Gasteiger partial charge < -0.3 is 20.3 Å². The molecular weight excluding hydrogens is 707 g/mol. The number of aliphatic hydroxyl groups is 2. The molecule has 0 aliphatic rings. The summed E-state index contributed by atoms with van der Waals surface area (Å²) in [5, 5.41) is 23.2. The van der Waals surface area contributed by atoms with E-state index in [2.05, 4.69) is 31.3 Å². The molecule has 0 aliphatic carbocycles. The Morgan fingerprint density at radius 2 is 0.842 bits per heavy atom. The van der Waals surface area contributed by atoms with Crippen LogP contribution in [0.5, 0.6) is 0 Å². The van der Waals surface area contributed by atoms with Crippen molar-refractivity contribution in [3.63, 3.8) is 0 Å². The van der Waals surface area contributed by atoms with Gasteiger partial charge in [0, 0.05) is 12.8 Å². The molecule has 0 saturated heterocycles. The summed E-state index contributed by atoms with van der Waals surface area (Å²) < 4.78 is 5.43. The van der Waals surface area contributed by atoms with Crippen molar-refractivity contribution < 1.29 is 24.5 Å². The molecule has 338 valence electrons. The van der Waals surface area contributed by atoms with Crippen molar-refractivity contribution in [3.8, 4) is 0 Å². The zero-order valence-electron chi connectivity index (χ0n) is 38.3. The van der Waals surface area contributed by atoms with E-state index in [0.29, 0.717) is 25.9 Å². The number of aliphatic hydroxyl groups excluding tert-OH is 2. The molecule has 1 amide bonds. The highest BCUT2D eigenvalue weighted by atomic mass is 16.5. The number of hydrogen-bond acceptors (Lipinski definition) is 5. The first-order chi connectivity index (χ1) is 28.0. The highest BCUT2D eigenvalue weighted by Crippen LogP contribution is 2.17. The molecule has 6 heteroatoms. The van der Waals surface area contributed by atoms with E-state index < -0.39 is 12.1 Å². The molecule has 2 atom stereocenters. The van der Waals surface area contributed by atoms with Crippen LogP contribution < -0.4 is 5.32 Å². The number of hydrogen-bond donors (Lipinski definition) is 3. The van der Waals surface area contributed by atoms with Gasteiger partial charge in [-0.05, 0) is 44.9 Å². The molecule has 0 aromatic rings. The molecule has 2 unspecified atom stereocenters. The quantitative estimate of drug-likeness (QED) is 0.0323. The molecule has 0 aromatic heterocycles. The first-order valence-electron chi connectivity index (χ1n) is 25.4. The van der Waals surface area contributed by atoms with E-state index in [-0.39, 0.29) is 18.5 Å². The molecule has 0 fully saturated rings. The van der Waals surface area contributed by atoms with Crippen LogP contribution >= 0.6 is 0 Å². The average molecular weight is 806 g/mol. The van der Waals surface area contributed by atoms with Gasteiger partial charge in [-0.3, -0.25) is 9.59 Å². The lowest BCUT2D eigenvalue weighted by molar-refractivity contribution is -0.143. The Morgan fingerprint density at radius 3 is 1.28 bits per heavy atom. The molecule has 0 spiro atoms. The van der Waals surface area contributed by atoms with E-state index >= 15 is 0 Å². The van der Waals surface area contributed by atoms with Gasteiger partial charge in [-0.15, -0.1) is 0 Å². The van der Waals surface area contributed by atoms with Gasteiger partial charge in [0.15, 0.2) is 0 Å². The second-order valence-electron chi connectivity index (χ2n) is 17.5. The van der Waals surface area contributed by atoms with Crippen LogP contribution in [0, 0.1) is 0 Å². The van der Waals surface area contributed by atoms with Crippen molar-refractivity contribution in [2.24, 2.45) is 0 Å². The number of carbonyl (C=O) groups excluding carboxylic acids is 2. The number of ether oxygens (including phenoxy) is 1. The number of nitrogens with one attached hydrogen (secondary N) is 1. The number of unbranched alkanes of at least 4 members (excludes halogenated alkanes) is 34. The van der Waals surface area contributed by atoms with Gasteiger partial charge in [0.2, 0.25) is 5.91 Å². The number of allylic oxidation sites excluding steroid dienone is 2. The lowest BCUT2D eigenvalue weighted by atomic mass is 10.0. The predicted octanol–water partition coefficient (Wildman–Crippen LogP) is 15.0. The molecule has 3 N–H and O–H groups in total. The molecular formula is C51H99NO5. The number of amides is 1. The second-order valence-corrected chi connectivity index (χ2v) is 17.5. The van der Waals surface area contributed by atoms with Gasteiger partial charge in [-0.25, -0.2) is 0 Å². The van der Waals surface area contributed by atoms with Crippen LogP contribution in [0.4, 0.5) is 0 Å². The molecule has 0 bridgehead atoms. The molecule has 0 aliphatic heterocycles. The maximum atomic E-state index is 12.4. The third-order valence-corrected chi connectivity index (χ3v) is 11.8. The predicted molar refractivity (Wildman–Crippen MR) is 246 cm³/mol. The van der Waals surface area contributed by atoms with Crippen molar-refractivity contribution in [2.75, 3.05) is 13.2 Å². The van der Waals surface area contributed by atoms with Crippen LogP contribution in [0.2, 0.25) is 0 Å². The standard InChI is InChI=1S/C51H99NO5/c1-3-5-7-9-11-13-15-17-18-19-20-21-22-23-24-27-31-35-39-43-49(54)48(47-53)52-50(55)44-40-36-32-28-26-30-34-38-42-46-57-51(56)45-41-37-33-29-25-16-14-12-10-8-6-4-2/h28,32,48-49,53-54H,3-27,29-31,33-47H2,1-2H3,(H,52,55)/b32-28-. The number of rotatable bonds is 47. The van der Waals surface area contributed by atoms with Crippen molar-refractivity contribution in [3.05, 3.63) is 12.2 Å². The Balaban J connectivity index is 3.53. The Hall–Kier alpha value is -1.40. The second kappa shape index (κ2) is 47.3. The monoisotopic (exact) mass is 806 g/mol. The van der Waals surface area contributed by atoms with E-state index in [1.165, 1.54) is 173 Å². The number of carbonyl (C=O) groups is 2. The third-order valence-electron chi connectivity index (χ3n) is 11.8. The minimum atomic E-state index is -0.694. The molecule has 0 rings (SSSR count). The highest BCUT2D eigenvalue weighted by Gasteiger charge is 2.20. The van der Waals surface area contributed by atoms with Gasteiger partial charge in [-0.1, -0.05) is 231 Å². The summed E-state index contributed by atoms with van der Waals surface area (Å²) in [6.07, 6.45) is 53.3. The lowest BCUT2D eigenvalue weighted by Gasteiger charge is -2.22. The van der Waals surface area contributed by atoms with E-state index in [9.17, 15) is 19.8 Å². The Kier molecular flexibility index (Phi) is 46.1. The number of esters is 1. The first kappa shape index (κ1) is 55.6. The van der Waals surface area contributed by atoms with Crippen molar-refractivity contribution >= 4 is 11.9 Å². The van der Waals surface area contributed by atoms with Crippen LogP contribution in [0.15, 0.2) is 12.2 Å². The lowest BCUT2D eigenvalue weighted by Crippen LogP contribution is -2.45. The maximum absolute atomic E-state index is 12.4. The SMILES string of the molecule is CCCCCCCCCCCCCCCCCCCCCC(O)C(CO)NC(=O)CCC/C=C\CCCCCCOC(=O)CCCCCCCCCCCCCC. The fraction of sp³-hybridized carbons (Fsp3) is 0.922. The van der Waals surface area contributed by atoms with Crippen molar-refractivity contribution in [1.82, 2.24) is 5.32 Å². The largest absolute Gasteiger partial charge is 0.466 e. The van der Waals surface area contributed by atoms with Gasteiger partial charge in [0.05, 0.1) is 25.4 Å². The summed E-state index contributed by atoms with van der Waals surface area (Å²) in [6.45, 7) is 4.87.